The maximum absolute atomic E-state index is 9.76. The Morgan fingerprint density at radius 2 is 2.12 bits per heavy atom. The molecule has 0 radical (unpaired) electrons. The average Bonchev–Trinajstić information content (AvgIpc) is 2.36. The van der Waals surface area contributed by atoms with Crippen LogP contribution in [-0.4, -0.2) is 35.7 Å². The Morgan fingerprint density at radius 1 is 1.41 bits per heavy atom. The SMILES string of the molecule is CC1CN(C(CN)c2ccccc2)CCC1O. The maximum atomic E-state index is 9.76. The zero-order valence-corrected chi connectivity index (χ0v) is 10.4. The van der Waals surface area contributed by atoms with Gasteiger partial charge in [-0.2, -0.15) is 0 Å². The number of nitrogens with zero attached hydrogens (tertiary/aromatic N) is 1. The summed E-state index contributed by atoms with van der Waals surface area (Å²) in [5.74, 6) is 0.335. The summed E-state index contributed by atoms with van der Waals surface area (Å²) < 4.78 is 0. The van der Waals surface area contributed by atoms with Crippen molar-refractivity contribution >= 4 is 0 Å². The Bertz CT molecular complexity index is 341. The molecule has 3 atom stereocenters. The van der Waals surface area contributed by atoms with Crippen LogP contribution in [0, 0.1) is 5.92 Å². The highest BCUT2D eigenvalue weighted by Crippen LogP contribution is 2.26. The van der Waals surface area contributed by atoms with Crippen molar-refractivity contribution in [2.75, 3.05) is 19.6 Å². The van der Waals surface area contributed by atoms with Crippen molar-refractivity contribution in [3.63, 3.8) is 0 Å². The predicted octanol–water partition coefficient (Wildman–Crippen LogP) is 1.39. The third kappa shape index (κ3) is 2.86. The van der Waals surface area contributed by atoms with Crippen LogP contribution in [0.2, 0.25) is 0 Å². The maximum Gasteiger partial charge on any atom is 0.0590 e. The summed E-state index contributed by atoms with van der Waals surface area (Å²) >= 11 is 0. The molecule has 1 aliphatic heterocycles. The largest absolute Gasteiger partial charge is 0.393 e. The molecule has 0 aliphatic carbocycles. The van der Waals surface area contributed by atoms with Gasteiger partial charge < -0.3 is 10.8 Å². The summed E-state index contributed by atoms with van der Waals surface area (Å²) in [4.78, 5) is 2.40. The summed E-state index contributed by atoms with van der Waals surface area (Å²) in [6, 6.07) is 10.7. The van der Waals surface area contributed by atoms with Crippen LogP contribution in [0.25, 0.3) is 0 Å². The first-order valence-electron chi connectivity index (χ1n) is 6.39. The van der Waals surface area contributed by atoms with Crippen LogP contribution in [0.1, 0.15) is 24.9 Å². The van der Waals surface area contributed by atoms with Gasteiger partial charge in [-0.3, -0.25) is 4.90 Å². The highest BCUT2D eigenvalue weighted by Gasteiger charge is 2.28. The highest BCUT2D eigenvalue weighted by molar-refractivity contribution is 5.19. The van der Waals surface area contributed by atoms with E-state index in [-0.39, 0.29) is 12.1 Å². The number of piperidine rings is 1. The van der Waals surface area contributed by atoms with E-state index in [9.17, 15) is 5.11 Å². The lowest BCUT2D eigenvalue weighted by Crippen LogP contribution is -2.45. The quantitative estimate of drug-likeness (QED) is 0.831. The summed E-state index contributed by atoms with van der Waals surface area (Å²) in [5.41, 5.74) is 7.19. The smallest absolute Gasteiger partial charge is 0.0590 e. The second-order valence-corrected chi connectivity index (χ2v) is 4.99. The summed E-state index contributed by atoms with van der Waals surface area (Å²) in [7, 11) is 0. The van der Waals surface area contributed by atoms with Crippen LogP contribution in [-0.2, 0) is 0 Å². The Hall–Kier alpha value is -0.900. The third-order valence-corrected chi connectivity index (χ3v) is 3.74. The van der Waals surface area contributed by atoms with Gasteiger partial charge in [0, 0.05) is 25.7 Å². The van der Waals surface area contributed by atoms with Crippen molar-refractivity contribution in [3.05, 3.63) is 35.9 Å². The Kier molecular flexibility index (Phi) is 4.15. The van der Waals surface area contributed by atoms with Gasteiger partial charge in [0.1, 0.15) is 0 Å². The molecule has 0 spiro atoms. The molecule has 2 rings (SSSR count). The van der Waals surface area contributed by atoms with Crippen LogP contribution in [0.4, 0.5) is 0 Å². The van der Waals surface area contributed by atoms with E-state index in [1.54, 1.807) is 0 Å². The molecule has 0 aromatic heterocycles. The number of hydrogen-bond donors (Lipinski definition) is 2. The van der Waals surface area contributed by atoms with E-state index in [1.807, 2.05) is 6.07 Å². The molecule has 1 aromatic carbocycles. The van der Waals surface area contributed by atoms with Crippen molar-refractivity contribution in [2.45, 2.75) is 25.5 Å². The average molecular weight is 234 g/mol. The van der Waals surface area contributed by atoms with E-state index < -0.39 is 0 Å². The first-order chi connectivity index (χ1) is 8.22. The predicted molar refractivity (Wildman–Crippen MR) is 69.6 cm³/mol. The normalized spacial score (nSPS) is 27.9. The van der Waals surface area contributed by atoms with Crippen LogP contribution in [0.5, 0.6) is 0 Å². The second kappa shape index (κ2) is 5.63. The van der Waals surface area contributed by atoms with Gasteiger partial charge in [-0.05, 0) is 17.9 Å². The standard InChI is InChI=1S/C14H22N2O/c1-11-10-16(8-7-14(11)17)13(9-15)12-5-3-2-4-6-12/h2-6,11,13-14,17H,7-10,15H2,1H3. The monoisotopic (exact) mass is 234 g/mol. The third-order valence-electron chi connectivity index (χ3n) is 3.74. The summed E-state index contributed by atoms with van der Waals surface area (Å²) in [6.07, 6.45) is 0.699. The van der Waals surface area contributed by atoms with E-state index in [4.69, 9.17) is 5.73 Å². The number of benzene rings is 1. The molecule has 17 heavy (non-hydrogen) atoms. The van der Waals surface area contributed by atoms with Gasteiger partial charge in [0.2, 0.25) is 0 Å². The number of hydrogen-bond acceptors (Lipinski definition) is 3. The lowest BCUT2D eigenvalue weighted by atomic mass is 9.94. The molecule has 94 valence electrons. The molecule has 1 heterocycles. The zero-order chi connectivity index (χ0) is 12.3. The van der Waals surface area contributed by atoms with Gasteiger partial charge in [-0.25, -0.2) is 0 Å². The molecule has 0 bridgehead atoms. The number of aliphatic hydroxyl groups excluding tert-OH is 1. The highest BCUT2D eigenvalue weighted by atomic mass is 16.3. The van der Waals surface area contributed by atoms with Crippen molar-refractivity contribution in [3.8, 4) is 0 Å². The van der Waals surface area contributed by atoms with Gasteiger partial charge >= 0.3 is 0 Å². The van der Waals surface area contributed by atoms with Crippen LogP contribution in [0.15, 0.2) is 30.3 Å². The first-order valence-corrected chi connectivity index (χ1v) is 6.39. The fraction of sp³-hybridized carbons (Fsp3) is 0.571. The number of nitrogens with two attached hydrogens (primary N) is 1. The molecular weight excluding hydrogens is 212 g/mol. The van der Waals surface area contributed by atoms with Crippen molar-refractivity contribution in [2.24, 2.45) is 11.7 Å². The number of aliphatic hydroxyl groups is 1. The van der Waals surface area contributed by atoms with E-state index in [0.717, 1.165) is 19.5 Å². The first kappa shape index (κ1) is 12.6. The lowest BCUT2D eigenvalue weighted by Gasteiger charge is -2.39. The molecule has 0 saturated carbocycles. The van der Waals surface area contributed by atoms with Crippen LogP contribution in [0.3, 0.4) is 0 Å². The summed E-state index contributed by atoms with van der Waals surface area (Å²) in [5, 5.41) is 9.76. The van der Waals surface area contributed by atoms with Gasteiger partial charge in [0.25, 0.3) is 0 Å². The molecule has 1 saturated heterocycles. The minimum absolute atomic E-state index is 0.152. The minimum Gasteiger partial charge on any atom is -0.393 e. The van der Waals surface area contributed by atoms with E-state index >= 15 is 0 Å². The van der Waals surface area contributed by atoms with E-state index in [2.05, 4.69) is 36.1 Å². The minimum atomic E-state index is -0.152. The Balaban J connectivity index is 2.09. The topological polar surface area (TPSA) is 49.5 Å². The molecular formula is C14H22N2O. The second-order valence-electron chi connectivity index (χ2n) is 4.99. The molecule has 1 aromatic rings. The Morgan fingerprint density at radius 3 is 2.71 bits per heavy atom. The zero-order valence-electron chi connectivity index (χ0n) is 10.4. The van der Waals surface area contributed by atoms with Gasteiger partial charge in [0.15, 0.2) is 0 Å². The molecule has 3 N–H and O–H groups in total. The van der Waals surface area contributed by atoms with Gasteiger partial charge in [-0.1, -0.05) is 37.3 Å². The fourth-order valence-corrected chi connectivity index (χ4v) is 2.62. The molecule has 0 amide bonds. The lowest BCUT2D eigenvalue weighted by molar-refractivity contribution is 0.0181. The Labute approximate surface area is 103 Å². The molecule has 3 heteroatoms. The van der Waals surface area contributed by atoms with Crippen LogP contribution >= 0.6 is 0 Å². The molecule has 1 aliphatic rings. The molecule has 3 unspecified atom stereocenters. The van der Waals surface area contributed by atoms with Gasteiger partial charge in [0.05, 0.1) is 6.10 Å². The molecule has 3 nitrogen and oxygen atoms in total. The number of likely N-dealkylation sites (tertiary alicyclic amines) is 1. The summed E-state index contributed by atoms with van der Waals surface area (Å²) in [6.45, 7) is 4.60. The van der Waals surface area contributed by atoms with Gasteiger partial charge in [-0.15, -0.1) is 0 Å². The fourth-order valence-electron chi connectivity index (χ4n) is 2.62. The van der Waals surface area contributed by atoms with Crippen LogP contribution < -0.4 is 5.73 Å². The number of rotatable bonds is 3. The van der Waals surface area contributed by atoms with Crippen molar-refractivity contribution in [1.82, 2.24) is 4.90 Å². The van der Waals surface area contributed by atoms with E-state index in [1.165, 1.54) is 5.56 Å². The molecule has 1 fully saturated rings. The van der Waals surface area contributed by atoms with Crippen molar-refractivity contribution in [1.29, 1.82) is 0 Å². The van der Waals surface area contributed by atoms with Crippen molar-refractivity contribution < 1.29 is 5.11 Å². The van der Waals surface area contributed by atoms with E-state index in [0.29, 0.717) is 12.5 Å².